The van der Waals surface area contributed by atoms with Crippen LogP contribution in [0.3, 0.4) is 0 Å². The third-order valence-corrected chi connectivity index (χ3v) is 3.84. The van der Waals surface area contributed by atoms with Crippen LogP contribution in [-0.4, -0.2) is 27.2 Å². The van der Waals surface area contributed by atoms with Crippen molar-refractivity contribution in [2.75, 3.05) is 12.9 Å². The van der Waals surface area contributed by atoms with E-state index in [1.807, 2.05) is 30.3 Å². The number of ether oxygens (including phenoxy) is 1. The zero-order chi connectivity index (χ0) is 14.6. The fraction of sp³-hybridized carbons (Fsp3) is 0.500. The highest BCUT2D eigenvalue weighted by Crippen LogP contribution is 2.49. The van der Waals surface area contributed by atoms with Crippen molar-refractivity contribution in [1.29, 1.82) is 0 Å². The van der Waals surface area contributed by atoms with E-state index in [-0.39, 0.29) is 31.0 Å². The summed E-state index contributed by atoms with van der Waals surface area (Å²) in [6, 6.07) is 9.42. The number of hydrogen-bond donors (Lipinski definition) is 0. The summed E-state index contributed by atoms with van der Waals surface area (Å²) in [5.41, 5.74) is 0.578. The van der Waals surface area contributed by atoms with Gasteiger partial charge in [0.15, 0.2) is 0 Å². The van der Waals surface area contributed by atoms with Gasteiger partial charge in [-0.1, -0.05) is 30.3 Å². The van der Waals surface area contributed by atoms with E-state index in [9.17, 15) is 13.2 Å². The normalized spacial score (nSPS) is 16.6. The van der Waals surface area contributed by atoms with Gasteiger partial charge in [-0.05, 0) is 18.4 Å². The standard InChI is InChI=1S/C14H18O5S/c1-20(16,17)19-11-14(7-8-14)9-13(15)18-10-12-5-3-2-4-6-12/h2-6H,7-11H2,1H3. The molecule has 0 spiro atoms. The number of benzene rings is 1. The predicted molar refractivity (Wildman–Crippen MR) is 73.3 cm³/mol. The highest BCUT2D eigenvalue weighted by molar-refractivity contribution is 7.85. The average molecular weight is 298 g/mol. The van der Waals surface area contributed by atoms with E-state index < -0.39 is 10.1 Å². The van der Waals surface area contributed by atoms with E-state index in [4.69, 9.17) is 8.92 Å². The lowest BCUT2D eigenvalue weighted by atomic mass is 10.0. The molecule has 0 aliphatic heterocycles. The molecular formula is C14H18O5S. The topological polar surface area (TPSA) is 69.7 Å². The Hall–Kier alpha value is -1.40. The lowest BCUT2D eigenvalue weighted by Gasteiger charge is -2.13. The largest absolute Gasteiger partial charge is 0.461 e. The van der Waals surface area contributed by atoms with E-state index in [1.165, 1.54) is 0 Å². The third-order valence-electron chi connectivity index (χ3n) is 3.30. The van der Waals surface area contributed by atoms with Crippen LogP contribution < -0.4 is 0 Å². The van der Waals surface area contributed by atoms with E-state index in [1.54, 1.807) is 0 Å². The first-order chi connectivity index (χ1) is 9.39. The second-order valence-electron chi connectivity index (χ2n) is 5.29. The van der Waals surface area contributed by atoms with Crippen LogP contribution in [0, 0.1) is 5.41 Å². The highest BCUT2D eigenvalue weighted by Gasteiger charge is 2.46. The first-order valence-corrected chi connectivity index (χ1v) is 8.24. The van der Waals surface area contributed by atoms with Gasteiger partial charge in [-0.15, -0.1) is 0 Å². The van der Waals surface area contributed by atoms with Gasteiger partial charge in [0, 0.05) is 5.41 Å². The second kappa shape index (κ2) is 5.93. The molecule has 0 aromatic heterocycles. The minimum atomic E-state index is -3.46. The van der Waals surface area contributed by atoms with Crippen molar-refractivity contribution in [3.05, 3.63) is 35.9 Å². The van der Waals surface area contributed by atoms with Gasteiger partial charge in [-0.2, -0.15) is 8.42 Å². The maximum Gasteiger partial charge on any atom is 0.306 e. The molecule has 0 saturated heterocycles. The fourth-order valence-electron chi connectivity index (χ4n) is 1.88. The van der Waals surface area contributed by atoms with E-state index in [0.717, 1.165) is 24.7 Å². The molecule has 2 rings (SSSR count). The lowest BCUT2D eigenvalue weighted by molar-refractivity contribution is -0.146. The van der Waals surface area contributed by atoms with Crippen LogP contribution in [0.25, 0.3) is 0 Å². The van der Waals surface area contributed by atoms with E-state index >= 15 is 0 Å². The summed E-state index contributed by atoms with van der Waals surface area (Å²) >= 11 is 0. The second-order valence-corrected chi connectivity index (χ2v) is 6.93. The van der Waals surface area contributed by atoms with Crippen molar-refractivity contribution in [1.82, 2.24) is 0 Å². The molecule has 5 nitrogen and oxygen atoms in total. The predicted octanol–water partition coefficient (Wildman–Crippen LogP) is 1.88. The van der Waals surface area contributed by atoms with E-state index in [0.29, 0.717) is 0 Å². The number of esters is 1. The summed E-state index contributed by atoms with van der Waals surface area (Å²) < 4.78 is 31.9. The van der Waals surface area contributed by atoms with Crippen LogP contribution in [0.2, 0.25) is 0 Å². The summed E-state index contributed by atoms with van der Waals surface area (Å²) in [5.74, 6) is -0.316. The summed E-state index contributed by atoms with van der Waals surface area (Å²) in [4.78, 5) is 11.8. The van der Waals surface area contributed by atoms with Crippen LogP contribution in [0.4, 0.5) is 0 Å². The number of rotatable bonds is 7. The Morgan fingerprint density at radius 2 is 1.90 bits per heavy atom. The van der Waals surface area contributed by atoms with Crippen molar-refractivity contribution in [2.24, 2.45) is 5.41 Å². The number of hydrogen-bond acceptors (Lipinski definition) is 5. The Morgan fingerprint density at radius 3 is 2.45 bits per heavy atom. The van der Waals surface area contributed by atoms with Crippen LogP contribution in [0.15, 0.2) is 30.3 Å². The van der Waals surface area contributed by atoms with E-state index in [2.05, 4.69) is 0 Å². The summed E-state index contributed by atoms with van der Waals surface area (Å²) in [6.45, 7) is 0.301. The third kappa shape index (κ3) is 4.94. The zero-order valence-electron chi connectivity index (χ0n) is 11.4. The quantitative estimate of drug-likeness (QED) is 0.568. The zero-order valence-corrected chi connectivity index (χ0v) is 12.2. The summed E-state index contributed by atoms with van der Waals surface area (Å²) in [5, 5.41) is 0. The highest BCUT2D eigenvalue weighted by atomic mass is 32.2. The van der Waals surface area contributed by atoms with Crippen LogP contribution >= 0.6 is 0 Å². The first kappa shape index (κ1) is 15.0. The van der Waals surface area contributed by atoms with Crippen molar-refractivity contribution in [3.63, 3.8) is 0 Å². The van der Waals surface area contributed by atoms with Gasteiger partial charge in [0.25, 0.3) is 10.1 Å². The Labute approximate surface area is 119 Å². The summed E-state index contributed by atoms with van der Waals surface area (Å²) in [6.07, 6.45) is 2.80. The molecule has 1 aliphatic rings. The molecule has 1 fully saturated rings. The molecule has 0 unspecified atom stereocenters. The molecule has 1 aromatic carbocycles. The average Bonchev–Trinajstić information content (AvgIpc) is 3.15. The van der Waals surface area contributed by atoms with Crippen molar-refractivity contribution < 1.29 is 22.1 Å². The molecule has 0 bridgehead atoms. The summed E-state index contributed by atoms with van der Waals surface area (Å²) in [7, 11) is -3.46. The Kier molecular flexibility index (Phi) is 4.45. The molecule has 0 heterocycles. The molecule has 1 aromatic rings. The molecule has 0 radical (unpaired) electrons. The molecule has 20 heavy (non-hydrogen) atoms. The Morgan fingerprint density at radius 1 is 1.25 bits per heavy atom. The molecular weight excluding hydrogens is 280 g/mol. The minimum Gasteiger partial charge on any atom is -0.461 e. The van der Waals surface area contributed by atoms with Crippen molar-refractivity contribution in [2.45, 2.75) is 25.9 Å². The van der Waals surface area contributed by atoms with Gasteiger partial charge in [0.2, 0.25) is 0 Å². The Balaban J connectivity index is 1.77. The number of carbonyl (C=O) groups excluding carboxylic acids is 1. The maximum atomic E-state index is 11.8. The number of carbonyl (C=O) groups is 1. The van der Waals surface area contributed by atoms with Crippen LogP contribution in [0.5, 0.6) is 0 Å². The molecule has 110 valence electrons. The van der Waals surface area contributed by atoms with Gasteiger partial charge in [0.05, 0.1) is 19.3 Å². The van der Waals surface area contributed by atoms with Gasteiger partial charge in [0.1, 0.15) is 6.61 Å². The van der Waals surface area contributed by atoms with Gasteiger partial charge in [-0.25, -0.2) is 0 Å². The maximum absolute atomic E-state index is 11.8. The Bertz CT molecular complexity index is 560. The molecule has 6 heteroatoms. The van der Waals surface area contributed by atoms with Gasteiger partial charge >= 0.3 is 5.97 Å². The molecule has 0 N–H and O–H groups in total. The molecule has 0 atom stereocenters. The van der Waals surface area contributed by atoms with Gasteiger partial charge in [-0.3, -0.25) is 8.98 Å². The lowest BCUT2D eigenvalue weighted by Crippen LogP contribution is -2.19. The minimum absolute atomic E-state index is 0.0618. The smallest absolute Gasteiger partial charge is 0.306 e. The molecule has 0 amide bonds. The van der Waals surface area contributed by atoms with Crippen LogP contribution in [0.1, 0.15) is 24.8 Å². The fourth-order valence-corrected chi connectivity index (χ4v) is 2.34. The first-order valence-electron chi connectivity index (χ1n) is 6.43. The van der Waals surface area contributed by atoms with Crippen molar-refractivity contribution in [3.8, 4) is 0 Å². The SMILES string of the molecule is CS(=O)(=O)OCC1(CC(=O)OCc2ccccc2)CC1. The van der Waals surface area contributed by atoms with Crippen molar-refractivity contribution >= 4 is 16.1 Å². The molecule has 1 aliphatic carbocycles. The van der Waals surface area contributed by atoms with Gasteiger partial charge < -0.3 is 4.74 Å². The molecule has 1 saturated carbocycles. The monoisotopic (exact) mass is 298 g/mol. The van der Waals surface area contributed by atoms with Crippen LogP contribution in [-0.2, 0) is 30.4 Å².